The van der Waals surface area contributed by atoms with Crippen LogP contribution in [0.5, 0.6) is 0 Å². The molecule has 5 nitrogen and oxygen atoms in total. The van der Waals surface area contributed by atoms with Crippen LogP contribution in [0.25, 0.3) is 0 Å². The SMILES string of the molecule is O=S(=O)(c1cccs1)N1CCCCC1CCN1CCOCC1. The van der Waals surface area contributed by atoms with E-state index in [9.17, 15) is 8.42 Å². The van der Waals surface area contributed by atoms with Crippen LogP contribution in [0.1, 0.15) is 25.7 Å². The molecule has 2 aliphatic heterocycles. The molecule has 1 atom stereocenters. The van der Waals surface area contributed by atoms with Crippen LogP contribution >= 0.6 is 11.3 Å². The van der Waals surface area contributed by atoms with Crippen LogP contribution < -0.4 is 0 Å². The van der Waals surface area contributed by atoms with Gasteiger partial charge in [0.2, 0.25) is 0 Å². The zero-order valence-electron chi connectivity index (χ0n) is 12.8. The number of sulfonamides is 1. The van der Waals surface area contributed by atoms with Crippen molar-refractivity contribution in [2.45, 2.75) is 35.9 Å². The van der Waals surface area contributed by atoms with E-state index in [4.69, 9.17) is 4.74 Å². The summed E-state index contributed by atoms with van der Waals surface area (Å²) in [5.41, 5.74) is 0. The van der Waals surface area contributed by atoms with Gasteiger partial charge in [0.1, 0.15) is 4.21 Å². The third kappa shape index (κ3) is 3.71. The molecule has 2 saturated heterocycles. The zero-order valence-corrected chi connectivity index (χ0v) is 14.4. The van der Waals surface area contributed by atoms with Gasteiger partial charge in [0.15, 0.2) is 0 Å². The molecule has 0 spiro atoms. The van der Waals surface area contributed by atoms with Gasteiger partial charge >= 0.3 is 0 Å². The summed E-state index contributed by atoms with van der Waals surface area (Å²) in [7, 11) is -3.31. The van der Waals surface area contributed by atoms with Crippen molar-refractivity contribution in [2.75, 3.05) is 39.4 Å². The van der Waals surface area contributed by atoms with E-state index >= 15 is 0 Å². The van der Waals surface area contributed by atoms with Crippen molar-refractivity contribution in [1.82, 2.24) is 9.21 Å². The topological polar surface area (TPSA) is 49.9 Å². The lowest BCUT2D eigenvalue weighted by Gasteiger charge is -2.36. The lowest BCUT2D eigenvalue weighted by molar-refractivity contribution is 0.0340. The average Bonchev–Trinajstić information content (AvgIpc) is 3.09. The molecule has 0 aromatic carbocycles. The molecule has 2 aliphatic rings. The van der Waals surface area contributed by atoms with E-state index in [1.165, 1.54) is 11.3 Å². The van der Waals surface area contributed by atoms with Crippen LogP contribution in [-0.2, 0) is 14.8 Å². The van der Waals surface area contributed by atoms with Gasteiger partial charge in [-0.15, -0.1) is 11.3 Å². The highest BCUT2D eigenvalue weighted by Gasteiger charge is 2.34. The van der Waals surface area contributed by atoms with Crippen molar-refractivity contribution in [1.29, 1.82) is 0 Å². The first-order valence-electron chi connectivity index (χ1n) is 8.03. The van der Waals surface area contributed by atoms with Gasteiger partial charge < -0.3 is 4.74 Å². The number of ether oxygens (including phenoxy) is 1. The zero-order chi connectivity index (χ0) is 15.4. The number of nitrogens with zero attached hydrogens (tertiary/aromatic N) is 2. The molecule has 7 heteroatoms. The van der Waals surface area contributed by atoms with Crippen molar-refractivity contribution >= 4 is 21.4 Å². The molecule has 1 unspecified atom stereocenters. The van der Waals surface area contributed by atoms with Crippen LogP contribution in [-0.4, -0.2) is 63.1 Å². The fourth-order valence-corrected chi connectivity index (χ4v) is 6.10. The maximum Gasteiger partial charge on any atom is 0.252 e. The molecule has 124 valence electrons. The Hall–Kier alpha value is -0.470. The highest BCUT2D eigenvalue weighted by Crippen LogP contribution is 2.29. The summed E-state index contributed by atoms with van der Waals surface area (Å²) in [6, 6.07) is 3.67. The van der Waals surface area contributed by atoms with Gasteiger partial charge in [0, 0.05) is 25.7 Å². The van der Waals surface area contributed by atoms with E-state index in [0.29, 0.717) is 10.8 Å². The van der Waals surface area contributed by atoms with Gasteiger partial charge in [0.25, 0.3) is 10.0 Å². The Labute approximate surface area is 136 Å². The van der Waals surface area contributed by atoms with Crippen molar-refractivity contribution in [3.8, 4) is 0 Å². The van der Waals surface area contributed by atoms with Crippen LogP contribution in [0.3, 0.4) is 0 Å². The Morgan fingerprint density at radius 1 is 1.23 bits per heavy atom. The Morgan fingerprint density at radius 3 is 2.77 bits per heavy atom. The smallest absolute Gasteiger partial charge is 0.252 e. The number of piperidine rings is 1. The predicted molar refractivity (Wildman–Crippen MR) is 87.7 cm³/mol. The minimum atomic E-state index is -3.31. The summed E-state index contributed by atoms with van der Waals surface area (Å²) >= 11 is 1.32. The van der Waals surface area contributed by atoms with Gasteiger partial charge in [-0.05, 0) is 37.3 Å². The fourth-order valence-electron chi connectivity index (χ4n) is 3.26. The molecule has 2 fully saturated rings. The monoisotopic (exact) mass is 344 g/mol. The second-order valence-electron chi connectivity index (χ2n) is 5.94. The highest BCUT2D eigenvalue weighted by atomic mass is 32.2. The number of hydrogen-bond donors (Lipinski definition) is 0. The first kappa shape index (κ1) is 16.4. The molecule has 0 aliphatic carbocycles. The summed E-state index contributed by atoms with van der Waals surface area (Å²) < 4.78 is 33.2. The fraction of sp³-hybridized carbons (Fsp3) is 0.733. The Kier molecular flexibility index (Phi) is 5.51. The Balaban J connectivity index is 1.66. The van der Waals surface area contributed by atoms with E-state index in [2.05, 4.69) is 4.90 Å². The summed E-state index contributed by atoms with van der Waals surface area (Å²) in [5.74, 6) is 0. The first-order chi connectivity index (χ1) is 10.7. The summed E-state index contributed by atoms with van der Waals surface area (Å²) in [4.78, 5) is 2.38. The molecule has 0 amide bonds. The van der Waals surface area contributed by atoms with E-state index in [1.54, 1.807) is 10.4 Å². The quantitative estimate of drug-likeness (QED) is 0.820. The molecular weight excluding hydrogens is 320 g/mol. The summed E-state index contributed by atoms with van der Waals surface area (Å²) in [6.07, 6.45) is 4.00. The second-order valence-corrected chi connectivity index (χ2v) is 9.01. The van der Waals surface area contributed by atoms with Gasteiger partial charge in [0.05, 0.1) is 13.2 Å². The number of morpholine rings is 1. The van der Waals surface area contributed by atoms with Gasteiger partial charge in [-0.1, -0.05) is 12.5 Å². The van der Waals surface area contributed by atoms with Crippen molar-refractivity contribution in [2.24, 2.45) is 0 Å². The molecular formula is C15H24N2O3S2. The Morgan fingerprint density at radius 2 is 2.05 bits per heavy atom. The minimum Gasteiger partial charge on any atom is -0.379 e. The molecule has 0 saturated carbocycles. The van der Waals surface area contributed by atoms with E-state index < -0.39 is 10.0 Å². The maximum absolute atomic E-state index is 12.8. The van der Waals surface area contributed by atoms with Crippen molar-refractivity contribution in [3.05, 3.63) is 17.5 Å². The van der Waals surface area contributed by atoms with Crippen LogP contribution in [0.2, 0.25) is 0 Å². The van der Waals surface area contributed by atoms with Crippen molar-refractivity contribution < 1.29 is 13.2 Å². The molecule has 0 radical (unpaired) electrons. The summed E-state index contributed by atoms with van der Waals surface area (Å²) in [6.45, 7) is 5.14. The predicted octanol–water partition coefficient (Wildman–Crippen LogP) is 2.01. The maximum atomic E-state index is 12.8. The van der Waals surface area contributed by atoms with Crippen LogP contribution in [0.4, 0.5) is 0 Å². The molecule has 1 aromatic heterocycles. The van der Waals surface area contributed by atoms with E-state index in [0.717, 1.165) is 58.5 Å². The van der Waals surface area contributed by atoms with Gasteiger partial charge in [-0.2, -0.15) is 4.31 Å². The van der Waals surface area contributed by atoms with E-state index in [1.807, 2.05) is 11.4 Å². The lowest BCUT2D eigenvalue weighted by Crippen LogP contribution is -2.46. The molecule has 3 heterocycles. The van der Waals surface area contributed by atoms with Crippen LogP contribution in [0.15, 0.2) is 21.7 Å². The van der Waals surface area contributed by atoms with Crippen molar-refractivity contribution in [3.63, 3.8) is 0 Å². The molecule has 0 bridgehead atoms. The molecule has 0 N–H and O–H groups in total. The average molecular weight is 345 g/mol. The number of rotatable bonds is 5. The minimum absolute atomic E-state index is 0.142. The van der Waals surface area contributed by atoms with Gasteiger partial charge in [-0.3, -0.25) is 4.90 Å². The standard InChI is InChI=1S/C15H24N2O3S2/c18-22(19,15-5-3-13-21-15)17-7-2-1-4-14(17)6-8-16-9-11-20-12-10-16/h3,5,13-14H,1-2,4,6-12H2. The lowest BCUT2D eigenvalue weighted by atomic mass is 10.0. The van der Waals surface area contributed by atoms with Crippen LogP contribution in [0, 0.1) is 0 Å². The van der Waals surface area contributed by atoms with E-state index in [-0.39, 0.29) is 6.04 Å². The Bertz CT molecular complexity index is 553. The second kappa shape index (κ2) is 7.40. The number of thiophene rings is 1. The number of hydrogen-bond acceptors (Lipinski definition) is 5. The summed E-state index contributed by atoms with van der Waals surface area (Å²) in [5, 5.41) is 1.83. The first-order valence-corrected chi connectivity index (χ1v) is 10.4. The highest BCUT2D eigenvalue weighted by molar-refractivity contribution is 7.91. The molecule has 3 rings (SSSR count). The third-order valence-corrected chi connectivity index (χ3v) is 7.84. The largest absolute Gasteiger partial charge is 0.379 e. The molecule has 22 heavy (non-hydrogen) atoms. The third-order valence-electron chi connectivity index (χ3n) is 4.51. The van der Waals surface area contributed by atoms with Gasteiger partial charge in [-0.25, -0.2) is 8.42 Å². The molecule has 1 aromatic rings. The normalized spacial score (nSPS) is 25.4.